The van der Waals surface area contributed by atoms with Gasteiger partial charge in [-0.15, -0.1) is 0 Å². The molecule has 2 rings (SSSR count). The number of nitrogens with one attached hydrogen (secondary N) is 1. The summed E-state index contributed by atoms with van der Waals surface area (Å²) in [6, 6.07) is 1.86. The third-order valence-corrected chi connectivity index (χ3v) is 3.02. The van der Waals surface area contributed by atoms with E-state index in [0.29, 0.717) is 0 Å². The van der Waals surface area contributed by atoms with Gasteiger partial charge < -0.3 is 5.32 Å². The zero-order chi connectivity index (χ0) is 13.4. The average molecular weight is 323 g/mol. The maximum absolute atomic E-state index is 13.9. The number of pyridine rings is 1. The van der Waals surface area contributed by atoms with Gasteiger partial charge in [0.15, 0.2) is 5.82 Å². The molecule has 1 aromatic heterocycles. The van der Waals surface area contributed by atoms with E-state index in [9.17, 15) is 17.6 Å². The van der Waals surface area contributed by atoms with Crippen molar-refractivity contribution in [3.8, 4) is 0 Å². The lowest BCUT2D eigenvalue weighted by Gasteiger charge is -2.11. The minimum absolute atomic E-state index is 0.0630. The molecule has 1 N–H and O–H groups in total. The summed E-state index contributed by atoms with van der Waals surface area (Å²) in [4.78, 5) is 3.46. The second-order valence-electron chi connectivity index (χ2n) is 3.52. The van der Waals surface area contributed by atoms with Crippen LogP contribution >= 0.6 is 15.9 Å². The third kappa shape index (κ3) is 2.03. The normalized spacial score (nSPS) is 11.3. The van der Waals surface area contributed by atoms with Gasteiger partial charge in [0.1, 0.15) is 17.0 Å². The van der Waals surface area contributed by atoms with Gasteiger partial charge >= 0.3 is 0 Å². The van der Waals surface area contributed by atoms with Crippen molar-refractivity contribution in [1.29, 1.82) is 0 Å². The molecule has 0 fully saturated rings. The number of anilines is 1. The highest BCUT2D eigenvalue weighted by atomic mass is 79.9. The SMILES string of the molecule is CNc1cc(C(F)F)nc2c(F)cc(Br)c(F)c12. The molecular weight excluding hydrogens is 316 g/mol. The Hall–Kier alpha value is -1.37. The van der Waals surface area contributed by atoms with Gasteiger partial charge in [-0.25, -0.2) is 22.5 Å². The van der Waals surface area contributed by atoms with Crippen LogP contribution in [0, 0.1) is 11.6 Å². The number of halogens is 5. The number of hydrogen-bond donors (Lipinski definition) is 1. The predicted molar refractivity (Wildman–Crippen MR) is 63.9 cm³/mol. The molecule has 0 spiro atoms. The van der Waals surface area contributed by atoms with Crippen LogP contribution < -0.4 is 5.32 Å². The summed E-state index contributed by atoms with van der Waals surface area (Å²) in [5.74, 6) is -1.61. The van der Waals surface area contributed by atoms with Gasteiger partial charge in [-0.2, -0.15) is 0 Å². The van der Waals surface area contributed by atoms with E-state index in [1.165, 1.54) is 7.05 Å². The first-order valence-corrected chi connectivity index (χ1v) is 5.69. The van der Waals surface area contributed by atoms with Gasteiger partial charge in [0, 0.05) is 12.7 Å². The highest BCUT2D eigenvalue weighted by Crippen LogP contribution is 2.34. The second kappa shape index (κ2) is 4.72. The molecule has 2 nitrogen and oxygen atoms in total. The highest BCUT2D eigenvalue weighted by Gasteiger charge is 2.19. The number of rotatable bonds is 2. The van der Waals surface area contributed by atoms with E-state index in [1.807, 2.05) is 0 Å². The van der Waals surface area contributed by atoms with Crippen LogP contribution in [0.2, 0.25) is 0 Å². The van der Waals surface area contributed by atoms with Crippen molar-refractivity contribution in [3.05, 3.63) is 33.9 Å². The molecule has 7 heteroatoms. The Labute approximate surface area is 108 Å². The fourth-order valence-corrected chi connectivity index (χ4v) is 2.03. The first-order chi connectivity index (χ1) is 8.45. The quantitative estimate of drug-likeness (QED) is 0.660. The van der Waals surface area contributed by atoms with Gasteiger partial charge in [-0.05, 0) is 28.1 Å². The van der Waals surface area contributed by atoms with Crippen molar-refractivity contribution >= 4 is 32.5 Å². The summed E-state index contributed by atoms with van der Waals surface area (Å²) in [7, 11) is 1.43. The molecule has 96 valence electrons. The van der Waals surface area contributed by atoms with Crippen molar-refractivity contribution < 1.29 is 17.6 Å². The van der Waals surface area contributed by atoms with Crippen molar-refractivity contribution in [1.82, 2.24) is 4.98 Å². The number of nitrogens with zero attached hydrogens (tertiary/aromatic N) is 1. The fraction of sp³-hybridized carbons (Fsp3) is 0.182. The Morgan fingerprint density at radius 2 is 1.94 bits per heavy atom. The topological polar surface area (TPSA) is 24.9 Å². The van der Waals surface area contributed by atoms with E-state index < -0.39 is 29.3 Å². The fourth-order valence-electron chi connectivity index (χ4n) is 1.63. The van der Waals surface area contributed by atoms with Crippen LogP contribution in [0.25, 0.3) is 10.9 Å². The molecule has 0 aliphatic heterocycles. The Morgan fingerprint density at radius 3 is 2.50 bits per heavy atom. The minimum Gasteiger partial charge on any atom is -0.387 e. The molecule has 0 saturated carbocycles. The van der Waals surface area contributed by atoms with E-state index in [0.717, 1.165) is 12.1 Å². The monoisotopic (exact) mass is 322 g/mol. The molecule has 1 aromatic carbocycles. The number of aromatic nitrogens is 1. The first-order valence-electron chi connectivity index (χ1n) is 4.89. The van der Waals surface area contributed by atoms with Gasteiger partial charge in [0.05, 0.1) is 9.86 Å². The van der Waals surface area contributed by atoms with Gasteiger partial charge in [0.2, 0.25) is 0 Å². The highest BCUT2D eigenvalue weighted by molar-refractivity contribution is 9.10. The maximum atomic E-state index is 13.9. The average Bonchev–Trinajstić information content (AvgIpc) is 2.34. The summed E-state index contributed by atoms with van der Waals surface area (Å²) >= 11 is 2.86. The van der Waals surface area contributed by atoms with Gasteiger partial charge in [-0.1, -0.05) is 0 Å². The zero-order valence-corrected chi connectivity index (χ0v) is 10.7. The number of alkyl halides is 2. The molecule has 1 heterocycles. The molecule has 0 radical (unpaired) electrons. The van der Waals surface area contributed by atoms with Crippen LogP contribution in [0.15, 0.2) is 16.6 Å². The van der Waals surface area contributed by atoms with E-state index in [4.69, 9.17) is 0 Å². The standard InChI is InChI=1S/C11H7BrF4N2/c1-17-6-3-7(11(15)16)18-10-5(13)2-4(12)9(14)8(6)10/h2-3,11H,1H3,(H,17,18). The molecule has 0 atom stereocenters. The third-order valence-electron chi connectivity index (χ3n) is 2.44. The molecule has 0 amide bonds. The summed E-state index contributed by atoms with van der Waals surface area (Å²) in [6.45, 7) is 0. The molecule has 0 bridgehead atoms. The predicted octanol–water partition coefficient (Wildman–Crippen LogP) is 4.25. The Kier molecular flexibility index (Phi) is 3.43. The summed E-state index contributed by atoms with van der Waals surface area (Å²) in [5, 5.41) is 2.40. The smallest absolute Gasteiger partial charge is 0.280 e. The molecule has 0 saturated heterocycles. The van der Waals surface area contributed by atoms with Crippen molar-refractivity contribution in [2.75, 3.05) is 12.4 Å². The van der Waals surface area contributed by atoms with E-state index in [2.05, 4.69) is 26.2 Å². The van der Waals surface area contributed by atoms with Crippen LogP contribution in [-0.4, -0.2) is 12.0 Å². The number of benzene rings is 1. The first kappa shape index (κ1) is 13.1. The van der Waals surface area contributed by atoms with Gasteiger partial charge in [-0.3, -0.25) is 0 Å². The summed E-state index contributed by atoms with van der Waals surface area (Å²) in [5.41, 5.74) is -0.960. The minimum atomic E-state index is -2.85. The molecule has 0 unspecified atom stereocenters. The van der Waals surface area contributed by atoms with Crippen LogP contribution in [0.5, 0.6) is 0 Å². The van der Waals surface area contributed by atoms with Crippen LogP contribution in [-0.2, 0) is 0 Å². The summed E-state index contributed by atoms with van der Waals surface area (Å²) in [6.07, 6.45) is -2.85. The largest absolute Gasteiger partial charge is 0.387 e. The van der Waals surface area contributed by atoms with Crippen molar-refractivity contribution in [2.24, 2.45) is 0 Å². The number of fused-ring (bicyclic) bond motifs is 1. The number of hydrogen-bond acceptors (Lipinski definition) is 2. The molecule has 0 aliphatic rings. The van der Waals surface area contributed by atoms with Crippen molar-refractivity contribution in [2.45, 2.75) is 6.43 Å². The van der Waals surface area contributed by atoms with E-state index in [1.54, 1.807) is 0 Å². The molecular formula is C11H7BrF4N2. The molecule has 2 aromatic rings. The van der Waals surface area contributed by atoms with Crippen LogP contribution in [0.1, 0.15) is 12.1 Å². The van der Waals surface area contributed by atoms with Gasteiger partial charge in [0.25, 0.3) is 6.43 Å². The van der Waals surface area contributed by atoms with Crippen LogP contribution in [0.3, 0.4) is 0 Å². The lowest BCUT2D eigenvalue weighted by Crippen LogP contribution is -2.01. The van der Waals surface area contributed by atoms with E-state index >= 15 is 0 Å². The Bertz CT molecular complexity index is 616. The maximum Gasteiger partial charge on any atom is 0.280 e. The zero-order valence-electron chi connectivity index (χ0n) is 9.07. The van der Waals surface area contributed by atoms with E-state index in [-0.39, 0.29) is 15.5 Å². The molecule has 18 heavy (non-hydrogen) atoms. The second-order valence-corrected chi connectivity index (χ2v) is 4.38. The van der Waals surface area contributed by atoms with Crippen LogP contribution in [0.4, 0.5) is 23.2 Å². The Morgan fingerprint density at radius 1 is 1.28 bits per heavy atom. The lowest BCUT2D eigenvalue weighted by atomic mass is 10.1. The Balaban J connectivity index is 2.91. The molecule has 0 aliphatic carbocycles. The summed E-state index contributed by atoms with van der Waals surface area (Å²) < 4.78 is 52.7. The lowest BCUT2D eigenvalue weighted by molar-refractivity contribution is 0.146. The van der Waals surface area contributed by atoms with Crippen molar-refractivity contribution in [3.63, 3.8) is 0 Å².